The van der Waals surface area contributed by atoms with Crippen LogP contribution in [-0.4, -0.2) is 39.5 Å². The number of ketones is 1. The number of anilines is 3. The minimum absolute atomic E-state index is 0.00310. The fourth-order valence-electron chi connectivity index (χ4n) is 1.64. The van der Waals surface area contributed by atoms with Crippen LogP contribution in [0.25, 0.3) is 0 Å². The summed E-state index contributed by atoms with van der Waals surface area (Å²) in [4.78, 5) is 29.4. The summed E-state index contributed by atoms with van der Waals surface area (Å²) in [6.07, 6.45) is -1.09. The van der Waals surface area contributed by atoms with Crippen LogP contribution in [0.1, 0.15) is 6.92 Å². The summed E-state index contributed by atoms with van der Waals surface area (Å²) < 4.78 is 0. The predicted octanol–water partition coefficient (Wildman–Crippen LogP) is -1.49. The number of carbonyl (C=O) groups is 1. The Labute approximate surface area is 96.2 Å². The average molecular weight is 239 g/mol. The Hall–Kier alpha value is -2.09. The van der Waals surface area contributed by atoms with Crippen molar-refractivity contribution in [2.75, 3.05) is 22.9 Å². The van der Waals surface area contributed by atoms with Gasteiger partial charge >= 0.3 is 0 Å². The number of aliphatic hydroxyl groups is 1. The number of nitrogens with two attached hydrogens (primary N) is 1. The zero-order chi connectivity index (χ0) is 12.6. The quantitative estimate of drug-likeness (QED) is 0.424. The summed E-state index contributed by atoms with van der Waals surface area (Å²) in [6, 6.07) is -0.658. The van der Waals surface area contributed by atoms with E-state index in [1.54, 1.807) is 0 Å². The molecule has 0 spiro atoms. The van der Waals surface area contributed by atoms with Gasteiger partial charge in [0.15, 0.2) is 11.6 Å². The molecular formula is C9H13N5O3. The van der Waals surface area contributed by atoms with Crippen LogP contribution in [0.4, 0.5) is 17.5 Å². The standard InChI is InChI=1S/C9H13N5O3/c1-3(15)6(16)4-2-11-7-5(12-4)8(17)14-9(10)13-7/h3-4,12,15H,2H2,1H3,(H4,10,11,13,14,17)/t3?,4-/m1/s1. The molecule has 2 rings (SSSR count). The molecule has 17 heavy (non-hydrogen) atoms. The van der Waals surface area contributed by atoms with Gasteiger partial charge in [-0.05, 0) is 6.92 Å². The number of nitrogens with one attached hydrogen (secondary N) is 3. The van der Waals surface area contributed by atoms with Crippen LogP contribution in [-0.2, 0) is 4.79 Å². The van der Waals surface area contributed by atoms with Gasteiger partial charge in [0.1, 0.15) is 17.8 Å². The van der Waals surface area contributed by atoms with Gasteiger partial charge in [0.25, 0.3) is 5.56 Å². The maximum atomic E-state index is 11.6. The van der Waals surface area contributed by atoms with E-state index in [1.807, 2.05) is 0 Å². The lowest BCUT2D eigenvalue weighted by atomic mass is 10.1. The molecule has 0 aliphatic carbocycles. The molecule has 0 radical (unpaired) electrons. The molecule has 8 nitrogen and oxygen atoms in total. The topological polar surface area (TPSA) is 133 Å². The molecular weight excluding hydrogens is 226 g/mol. The zero-order valence-corrected chi connectivity index (χ0v) is 9.15. The van der Waals surface area contributed by atoms with Crippen LogP contribution >= 0.6 is 0 Å². The summed E-state index contributed by atoms with van der Waals surface area (Å²) in [6.45, 7) is 1.62. The largest absolute Gasteiger partial charge is 0.386 e. The molecule has 0 saturated heterocycles. The first-order chi connectivity index (χ1) is 7.99. The van der Waals surface area contributed by atoms with E-state index >= 15 is 0 Å². The second kappa shape index (κ2) is 4.06. The molecule has 2 atom stereocenters. The van der Waals surface area contributed by atoms with E-state index in [1.165, 1.54) is 6.92 Å². The van der Waals surface area contributed by atoms with E-state index in [-0.39, 0.29) is 24.0 Å². The van der Waals surface area contributed by atoms with Gasteiger partial charge in [-0.2, -0.15) is 4.98 Å². The van der Waals surface area contributed by atoms with Crippen LogP contribution in [0.5, 0.6) is 0 Å². The maximum Gasteiger partial charge on any atom is 0.277 e. The third kappa shape index (κ3) is 2.07. The molecule has 8 heteroatoms. The summed E-state index contributed by atoms with van der Waals surface area (Å²) in [7, 11) is 0. The molecule has 1 aliphatic heterocycles. The fraction of sp³-hybridized carbons (Fsp3) is 0.444. The maximum absolute atomic E-state index is 11.6. The highest BCUT2D eigenvalue weighted by Crippen LogP contribution is 2.20. The number of hydrogen-bond donors (Lipinski definition) is 5. The van der Waals surface area contributed by atoms with E-state index in [9.17, 15) is 14.7 Å². The molecule has 1 aliphatic rings. The van der Waals surface area contributed by atoms with E-state index in [4.69, 9.17) is 5.73 Å². The van der Waals surface area contributed by atoms with Crippen molar-refractivity contribution in [2.45, 2.75) is 19.1 Å². The number of fused-ring (bicyclic) bond motifs is 1. The number of aliphatic hydroxyl groups excluding tert-OH is 1. The van der Waals surface area contributed by atoms with Gasteiger partial charge in [-0.15, -0.1) is 0 Å². The van der Waals surface area contributed by atoms with Crippen LogP contribution in [0.15, 0.2) is 4.79 Å². The molecule has 0 bridgehead atoms. The number of rotatable bonds is 2. The first-order valence-electron chi connectivity index (χ1n) is 5.11. The number of H-pyrrole nitrogens is 1. The van der Waals surface area contributed by atoms with Gasteiger partial charge in [0.2, 0.25) is 5.95 Å². The first-order valence-corrected chi connectivity index (χ1v) is 5.11. The van der Waals surface area contributed by atoms with Gasteiger partial charge in [-0.3, -0.25) is 14.6 Å². The minimum atomic E-state index is -1.09. The van der Waals surface area contributed by atoms with Crippen molar-refractivity contribution in [3.63, 3.8) is 0 Å². The van der Waals surface area contributed by atoms with Gasteiger partial charge in [0.05, 0.1) is 0 Å². The Balaban J connectivity index is 2.31. The van der Waals surface area contributed by atoms with Crippen LogP contribution in [0.2, 0.25) is 0 Å². The Morgan fingerprint density at radius 1 is 1.65 bits per heavy atom. The van der Waals surface area contributed by atoms with Gasteiger partial charge in [-0.1, -0.05) is 0 Å². The highest BCUT2D eigenvalue weighted by atomic mass is 16.3. The number of nitrogens with zero attached hydrogens (tertiary/aromatic N) is 1. The van der Waals surface area contributed by atoms with E-state index in [0.29, 0.717) is 5.82 Å². The highest BCUT2D eigenvalue weighted by Gasteiger charge is 2.28. The van der Waals surface area contributed by atoms with Crippen molar-refractivity contribution in [2.24, 2.45) is 0 Å². The van der Waals surface area contributed by atoms with E-state index in [0.717, 1.165) is 0 Å². The number of nitrogen functional groups attached to an aromatic ring is 1. The Kier molecular flexibility index (Phi) is 2.72. The lowest BCUT2D eigenvalue weighted by Gasteiger charge is -2.26. The molecule has 0 saturated carbocycles. The first kappa shape index (κ1) is 11.4. The zero-order valence-electron chi connectivity index (χ0n) is 9.15. The molecule has 0 amide bonds. The highest BCUT2D eigenvalue weighted by molar-refractivity contribution is 5.92. The van der Waals surface area contributed by atoms with Crippen molar-refractivity contribution in [1.82, 2.24) is 9.97 Å². The fourth-order valence-corrected chi connectivity index (χ4v) is 1.64. The number of carbonyl (C=O) groups excluding carboxylic acids is 1. The normalized spacial score (nSPS) is 19.8. The third-order valence-corrected chi connectivity index (χ3v) is 2.49. The number of aromatic nitrogens is 2. The minimum Gasteiger partial charge on any atom is -0.386 e. The van der Waals surface area contributed by atoms with Gasteiger partial charge in [0, 0.05) is 6.54 Å². The van der Waals surface area contributed by atoms with Crippen molar-refractivity contribution < 1.29 is 9.90 Å². The Morgan fingerprint density at radius 2 is 2.35 bits per heavy atom. The van der Waals surface area contributed by atoms with Gasteiger partial charge in [-0.25, -0.2) is 0 Å². The van der Waals surface area contributed by atoms with Crippen LogP contribution in [0.3, 0.4) is 0 Å². The van der Waals surface area contributed by atoms with E-state index < -0.39 is 17.7 Å². The average Bonchev–Trinajstić information content (AvgIpc) is 2.27. The van der Waals surface area contributed by atoms with Crippen molar-refractivity contribution in [3.8, 4) is 0 Å². The second-order valence-corrected chi connectivity index (χ2v) is 3.83. The SMILES string of the molecule is CC(O)C(=O)[C@H]1CNc2nc(N)[nH]c(=O)c2N1. The summed E-state index contributed by atoms with van der Waals surface area (Å²) in [5, 5.41) is 14.8. The Bertz CT molecular complexity index is 510. The van der Waals surface area contributed by atoms with Crippen LogP contribution < -0.4 is 21.9 Å². The third-order valence-electron chi connectivity index (χ3n) is 2.49. The number of Topliss-reactive ketones (excluding diaryl/α,β-unsaturated/α-hetero) is 1. The second-order valence-electron chi connectivity index (χ2n) is 3.83. The summed E-state index contributed by atoms with van der Waals surface area (Å²) in [5.41, 5.74) is 5.09. The van der Waals surface area contributed by atoms with Crippen LogP contribution in [0, 0.1) is 0 Å². The molecule has 1 aromatic heterocycles. The van der Waals surface area contributed by atoms with Crippen molar-refractivity contribution in [1.29, 1.82) is 0 Å². The molecule has 92 valence electrons. The molecule has 2 heterocycles. The smallest absolute Gasteiger partial charge is 0.277 e. The summed E-state index contributed by atoms with van der Waals surface area (Å²) >= 11 is 0. The number of aromatic amines is 1. The molecule has 1 unspecified atom stereocenters. The van der Waals surface area contributed by atoms with Crippen molar-refractivity contribution >= 4 is 23.2 Å². The molecule has 0 aromatic carbocycles. The Morgan fingerprint density at radius 3 is 3.00 bits per heavy atom. The molecule has 6 N–H and O–H groups in total. The number of hydrogen-bond acceptors (Lipinski definition) is 7. The molecule has 1 aromatic rings. The van der Waals surface area contributed by atoms with E-state index in [2.05, 4.69) is 20.6 Å². The monoisotopic (exact) mass is 239 g/mol. The predicted molar refractivity (Wildman–Crippen MR) is 61.9 cm³/mol. The van der Waals surface area contributed by atoms with Crippen molar-refractivity contribution in [3.05, 3.63) is 10.4 Å². The lowest BCUT2D eigenvalue weighted by Crippen LogP contribution is -2.45. The molecule has 0 fully saturated rings. The summed E-state index contributed by atoms with van der Waals surface area (Å²) in [5.74, 6) is -0.0800. The lowest BCUT2D eigenvalue weighted by molar-refractivity contribution is -0.126. The van der Waals surface area contributed by atoms with Gasteiger partial charge < -0.3 is 21.5 Å².